The monoisotopic (exact) mass is 385 g/mol. The summed E-state index contributed by atoms with van der Waals surface area (Å²) in [5.41, 5.74) is 8.79. The lowest BCUT2D eigenvalue weighted by atomic mass is 9.79. The number of carbonyl (C=O) groups is 1. The highest BCUT2D eigenvalue weighted by Crippen LogP contribution is 2.36. The first-order valence-electron chi connectivity index (χ1n) is 9.50. The van der Waals surface area contributed by atoms with Gasteiger partial charge in [-0.2, -0.15) is 0 Å². The Hall–Kier alpha value is -1.38. The van der Waals surface area contributed by atoms with Gasteiger partial charge in [0, 0.05) is 23.7 Å². The van der Waals surface area contributed by atoms with Crippen molar-refractivity contribution >= 4 is 5.97 Å². The maximum absolute atomic E-state index is 11.1. The summed E-state index contributed by atoms with van der Waals surface area (Å²) < 4.78 is 22.9. The Labute approximate surface area is 159 Å². The van der Waals surface area contributed by atoms with Gasteiger partial charge < -0.3 is 24.1 Å². The van der Waals surface area contributed by atoms with Crippen LogP contribution in [0.5, 0.6) is 0 Å². The van der Waals surface area contributed by atoms with Crippen molar-refractivity contribution in [2.45, 2.75) is 65.3 Å². The normalized spacial score (nSPS) is 42.2. The molecule has 0 spiro atoms. The second-order valence-electron chi connectivity index (χ2n) is 7.79. The summed E-state index contributed by atoms with van der Waals surface area (Å²) >= 11 is 0. The summed E-state index contributed by atoms with van der Waals surface area (Å²) in [4.78, 5) is 13.9. The number of hydrogen-bond donors (Lipinski definition) is 1. The molecule has 27 heavy (non-hydrogen) atoms. The minimum atomic E-state index is -0.774. The van der Waals surface area contributed by atoms with Crippen molar-refractivity contribution in [2.75, 3.05) is 19.8 Å². The minimum Gasteiger partial charge on any atom is -0.463 e. The van der Waals surface area contributed by atoms with Crippen molar-refractivity contribution in [3.8, 4) is 0 Å². The Balaban J connectivity index is 1.99. The molecule has 0 bridgehead atoms. The number of azide groups is 1. The number of aliphatic hydroxyl groups excluding tert-OH is 1. The molecular formula is C18H31N3O6. The topological polar surface area (TPSA) is 123 Å². The van der Waals surface area contributed by atoms with Crippen LogP contribution in [0.2, 0.25) is 0 Å². The summed E-state index contributed by atoms with van der Waals surface area (Å²) in [6.45, 7) is 10.2. The average Bonchev–Trinajstić information content (AvgIpc) is 2.63. The highest BCUT2D eigenvalue weighted by Gasteiger charge is 2.42. The van der Waals surface area contributed by atoms with Crippen LogP contribution < -0.4 is 0 Å². The van der Waals surface area contributed by atoms with Crippen LogP contribution >= 0.6 is 0 Å². The number of rotatable bonds is 6. The molecule has 2 rings (SSSR count). The molecule has 1 N–H and O–H groups in total. The van der Waals surface area contributed by atoms with Gasteiger partial charge in [-0.25, -0.2) is 0 Å². The molecule has 2 fully saturated rings. The van der Waals surface area contributed by atoms with Crippen LogP contribution in [-0.4, -0.2) is 61.5 Å². The third-order valence-electron chi connectivity index (χ3n) is 5.93. The predicted octanol–water partition coefficient (Wildman–Crippen LogP) is 2.27. The molecule has 154 valence electrons. The summed E-state index contributed by atoms with van der Waals surface area (Å²) in [5, 5.41) is 14.0. The zero-order chi connectivity index (χ0) is 20.1. The molecule has 2 aliphatic heterocycles. The maximum Gasteiger partial charge on any atom is 0.302 e. The zero-order valence-electron chi connectivity index (χ0n) is 16.6. The molecule has 0 saturated carbocycles. The van der Waals surface area contributed by atoms with Crippen molar-refractivity contribution in [2.24, 2.45) is 28.8 Å². The standard InChI is InChI=1S/C18H31N3O6/c1-9-6-25-15(16(17(9)23)20-21-19)8-26-18-12(4)10(2)11(3)14(27-18)7-24-13(5)22/h9-12,14-18,23H,6-8H2,1-5H3/t9?,10-,11+,12?,14?,15?,16-,17+,18+/m0/s1. The summed E-state index contributed by atoms with van der Waals surface area (Å²) in [6.07, 6.45) is -2.06. The number of esters is 1. The first-order valence-corrected chi connectivity index (χ1v) is 9.50. The van der Waals surface area contributed by atoms with E-state index >= 15 is 0 Å². The van der Waals surface area contributed by atoms with E-state index < -0.39 is 24.5 Å². The van der Waals surface area contributed by atoms with Crippen LogP contribution in [0.1, 0.15) is 34.6 Å². The van der Waals surface area contributed by atoms with Gasteiger partial charge in [-0.3, -0.25) is 4.79 Å². The van der Waals surface area contributed by atoms with Crippen molar-refractivity contribution < 1.29 is 28.8 Å². The summed E-state index contributed by atoms with van der Waals surface area (Å²) in [7, 11) is 0. The van der Waals surface area contributed by atoms with E-state index in [4.69, 9.17) is 24.5 Å². The lowest BCUT2D eigenvalue weighted by Gasteiger charge is -2.44. The van der Waals surface area contributed by atoms with Gasteiger partial charge in [-0.05, 0) is 17.4 Å². The molecule has 0 aromatic rings. The van der Waals surface area contributed by atoms with E-state index in [1.165, 1.54) is 6.92 Å². The van der Waals surface area contributed by atoms with Gasteiger partial charge in [0.15, 0.2) is 6.29 Å². The van der Waals surface area contributed by atoms with Gasteiger partial charge >= 0.3 is 5.97 Å². The van der Waals surface area contributed by atoms with E-state index in [1.54, 1.807) is 0 Å². The average molecular weight is 385 g/mol. The predicted molar refractivity (Wildman–Crippen MR) is 96.6 cm³/mol. The lowest BCUT2D eigenvalue weighted by molar-refractivity contribution is -0.266. The van der Waals surface area contributed by atoms with Crippen LogP contribution in [-0.2, 0) is 23.7 Å². The Morgan fingerprint density at radius 1 is 1.19 bits per heavy atom. The molecule has 0 aromatic carbocycles. The van der Waals surface area contributed by atoms with Gasteiger partial charge in [0.2, 0.25) is 0 Å². The van der Waals surface area contributed by atoms with Crippen molar-refractivity contribution in [1.82, 2.24) is 0 Å². The molecule has 4 unspecified atom stereocenters. The van der Waals surface area contributed by atoms with E-state index in [-0.39, 0.29) is 43.0 Å². The third-order valence-corrected chi connectivity index (χ3v) is 5.93. The van der Waals surface area contributed by atoms with Gasteiger partial charge in [-0.15, -0.1) is 0 Å². The number of ether oxygens (including phenoxy) is 4. The highest BCUT2D eigenvalue weighted by atomic mass is 16.7. The zero-order valence-corrected chi connectivity index (χ0v) is 16.6. The number of carbonyl (C=O) groups excluding carboxylic acids is 1. The highest BCUT2D eigenvalue weighted by molar-refractivity contribution is 5.65. The molecule has 2 heterocycles. The minimum absolute atomic E-state index is 0.115. The Kier molecular flexibility index (Phi) is 7.88. The maximum atomic E-state index is 11.1. The van der Waals surface area contributed by atoms with E-state index in [0.29, 0.717) is 12.5 Å². The van der Waals surface area contributed by atoms with E-state index in [0.717, 1.165) is 0 Å². The number of aliphatic hydroxyl groups is 1. The fraction of sp³-hybridized carbons (Fsp3) is 0.944. The quantitative estimate of drug-likeness (QED) is 0.324. The Morgan fingerprint density at radius 2 is 1.89 bits per heavy atom. The van der Waals surface area contributed by atoms with Gasteiger partial charge in [-0.1, -0.05) is 32.8 Å². The number of nitrogens with zero attached hydrogens (tertiary/aromatic N) is 3. The van der Waals surface area contributed by atoms with Crippen LogP contribution in [0, 0.1) is 23.7 Å². The summed E-state index contributed by atoms with van der Waals surface area (Å²) in [6, 6.07) is -0.703. The van der Waals surface area contributed by atoms with Crippen molar-refractivity contribution in [1.29, 1.82) is 0 Å². The fourth-order valence-electron chi connectivity index (χ4n) is 3.63. The molecule has 0 aromatic heterocycles. The summed E-state index contributed by atoms with van der Waals surface area (Å²) in [5.74, 6) is 0.179. The largest absolute Gasteiger partial charge is 0.463 e. The van der Waals surface area contributed by atoms with Crippen LogP contribution in [0.25, 0.3) is 10.4 Å². The molecular weight excluding hydrogens is 354 g/mol. The van der Waals surface area contributed by atoms with Gasteiger partial charge in [0.1, 0.15) is 6.61 Å². The third kappa shape index (κ3) is 5.33. The molecule has 9 heteroatoms. The van der Waals surface area contributed by atoms with E-state index in [2.05, 4.69) is 30.8 Å². The Bertz CT molecular complexity index is 555. The van der Waals surface area contributed by atoms with Gasteiger partial charge in [0.05, 0.1) is 37.6 Å². The van der Waals surface area contributed by atoms with Crippen molar-refractivity contribution in [3.05, 3.63) is 10.4 Å². The van der Waals surface area contributed by atoms with Crippen LogP contribution in [0.4, 0.5) is 0 Å². The first kappa shape index (κ1) is 21.9. The second-order valence-corrected chi connectivity index (χ2v) is 7.79. The van der Waals surface area contributed by atoms with Gasteiger partial charge in [0.25, 0.3) is 0 Å². The first-order chi connectivity index (χ1) is 12.8. The van der Waals surface area contributed by atoms with Crippen LogP contribution in [0.3, 0.4) is 0 Å². The van der Waals surface area contributed by atoms with E-state index in [9.17, 15) is 9.90 Å². The molecule has 0 radical (unpaired) electrons. The molecule has 0 aliphatic carbocycles. The molecule has 2 aliphatic rings. The fourth-order valence-corrected chi connectivity index (χ4v) is 3.63. The van der Waals surface area contributed by atoms with Crippen molar-refractivity contribution in [3.63, 3.8) is 0 Å². The molecule has 9 nitrogen and oxygen atoms in total. The second kappa shape index (κ2) is 9.71. The number of hydrogen-bond acceptors (Lipinski definition) is 7. The Morgan fingerprint density at radius 3 is 2.52 bits per heavy atom. The molecule has 9 atom stereocenters. The SMILES string of the molecule is CC(=O)OCC1O[C@@H](OCC2OCC(C)[C@@H](O)[C@H]2N=[N+]=[N-])C(C)[C@@H](C)[C@H]1C. The smallest absolute Gasteiger partial charge is 0.302 e. The molecule has 0 amide bonds. The van der Waals surface area contributed by atoms with Crippen LogP contribution in [0.15, 0.2) is 5.11 Å². The molecule has 2 saturated heterocycles. The lowest BCUT2D eigenvalue weighted by Crippen LogP contribution is -2.52. The van der Waals surface area contributed by atoms with E-state index in [1.807, 2.05) is 6.92 Å².